The molecule has 88 valence electrons. The maximum Gasteiger partial charge on any atom is 0.138 e. The molecule has 0 heterocycles. The van der Waals surface area contributed by atoms with E-state index in [2.05, 4.69) is 0 Å². The van der Waals surface area contributed by atoms with E-state index in [0.717, 1.165) is 25.7 Å². The van der Waals surface area contributed by atoms with Gasteiger partial charge in [-0.2, -0.15) is 0 Å². The van der Waals surface area contributed by atoms with Crippen LogP contribution in [-0.2, 0) is 5.67 Å². The van der Waals surface area contributed by atoms with Gasteiger partial charge in [-0.15, -0.1) is 0 Å². The Morgan fingerprint density at radius 2 is 1.81 bits per heavy atom. The lowest BCUT2D eigenvalue weighted by atomic mass is 9.75. The summed E-state index contributed by atoms with van der Waals surface area (Å²) in [6.07, 6.45) is 5.52. The fourth-order valence-electron chi connectivity index (χ4n) is 2.81. The highest BCUT2D eigenvalue weighted by atomic mass is 19.1. The van der Waals surface area contributed by atoms with Crippen molar-refractivity contribution in [3.8, 4) is 0 Å². The summed E-state index contributed by atoms with van der Waals surface area (Å²) in [6.45, 7) is 1.69. The lowest BCUT2D eigenvalue weighted by molar-refractivity contribution is 0.0733. The molecule has 1 unspecified atom stereocenters. The largest absolute Gasteiger partial charge is 0.398 e. The normalized spacial score (nSPS) is 21.6. The predicted molar refractivity (Wildman–Crippen MR) is 65.9 cm³/mol. The molecule has 1 aliphatic carbocycles. The van der Waals surface area contributed by atoms with E-state index in [1.54, 1.807) is 13.0 Å². The number of halogens is 1. The topological polar surface area (TPSA) is 26.0 Å². The summed E-state index contributed by atoms with van der Waals surface area (Å²) in [5.41, 5.74) is 5.85. The lowest BCUT2D eigenvalue weighted by Gasteiger charge is -2.34. The maximum absolute atomic E-state index is 14.9. The van der Waals surface area contributed by atoms with E-state index in [-0.39, 0.29) is 5.92 Å². The van der Waals surface area contributed by atoms with Crippen LogP contribution in [0.2, 0.25) is 0 Å². The molecule has 2 heteroatoms. The van der Waals surface area contributed by atoms with Crippen LogP contribution in [0.5, 0.6) is 0 Å². The Bertz CT molecular complexity index is 354. The third kappa shape index (κ3) is 2.06. The average Bonchev–Trinajstić information content (AvgIpc) is 2.30. The van der Waals surface area contributed by atoms with E-state index in [0.29, 0.717) is 11.3 Å². The van der Waals surface area contributed by atoms with E-state index in [9.17, 15) is 4.39 Å². The number of hydrogen-bond acceptors (Lipinski definition) is 1. The second-order valence-corrected chi connectivity index (χ2v) is 5.00. The Hall–Kier alpha value is -1.05. The van der Waals surface area contributed by atoms with Gasteiger partial charge in [-0.3, -0.25) is 0 Å². The van der Waals surface area contributed by atoms with Crippen LogP contribution in [0.4, 0.5) is 10.1 Å². The number of anilines is 1. The van der Waals surface area contributed by atoms with Crippen molar-refractivity contribution >= 4 is 5.69 Å². The standard InChI is InChI=1S/C14H20FN/c1-14(15,11-7-3-2-4-8-11)12-9-5-6-10-13(12)16/h5-6,9-11H,2-4,7-8,16H2,1H3. The molecule has 0 bridgehead atoms. The first kappa shape index (κ1) is 11.4. The minimum atomic E-state index is -1.27. The third-order valence-corrected chi connectivity index (χ3v) is 3.86. The number of benzene rings is 1. The SMILES string of the molecule is CC(F)(c1ccccc1N)C1CCCCC1. The summed E-state index contributed by atoms with van der Waals surface area (Å²) in [7, 11) is 0. The van der Waals surface area contributed by atoms with Gasteiger partial charge in [0, 0.05) is 11.3 Å². The number of hydrogen-bond donors (Lipinski definition) is 1. The van der Waals surface area contributed by atoms with E-state index < -0.39 is 5.67 Å². The van der Waals surface area contributed by atoms with Crippen molar-refractivity contribution in [1.82, 2.24) is 0 Å². The summed E-state index contributed by atoms with van der Waals surface area (Å²) < 4.78 is 14.9. The Kier molecular flexibility index (Phi) is 3.17. The van der Waals surface area contributed by atoms with Gasteiger partial charge in [-0.05, 0) is 31.7 Å². The fraction of sp³-hybridized carbons (Fsp3) is 0.571. The van der Waals surface area contributed by atoms with Crippen LogP contribution < -0.4 is 5.73 Å². The van der Waals surface area contributed by atoms with Gasteiger partial charge in [0.15, 0.2) is 0 Å². The molecule has 1 fully saturated rings. The maximum atomic E-state index is 14.9. The van der Waals surface area contributed by atoms with E-state index in [1.165, 1.54) is 6.42 Å². The smallest absolute Gasteiger partial charge is 0.138 e. The van der Waals surface area contributed by atoms with Crippen LogP contribution in [0.25, 0.3) is 0 Å². The third-order valence-electron chi connectivity index (χ3n) is 3.86. The van der Waals surface area contributed by atoms with Gasteiger partial charge in [-0.25, -0.2) is 4.39 Å². The molecule has 1 aliphatic rings. The Balaban J connectivity index is 2.26. The van der Waals surface area contributed by atoms with E-state index in [1.807, 2.05) is 18.2 Å². The highest BCUT2D eigenvalue weighted by Gasteiger charge is 2.37. The Morgan fingerprint density at radius 1 is 1.19 bits per heavy atom. The van der Waals surface area contributed by atoms with Crippen molar-refractivity contribution in [3.05, 3.63) is 29.8 Å². The highest BCUT2D eigenvalue weighted by molar-refractivity contribution is 5.49. The van der Waals surface area contributed by atoms with Crippen LogP contribution in [0.1, 0.15) is 44.6 Å². The molecule has 1 nitrogen and oxygen atoms in total. The zero-order valence-corrected chi connectivity index (χ0v) is 9.88. The Morgan fingerprint density at radius 3 is 2.44 bits per heavy atom. The van der Waals surface area contributed by atoms with Crippen LogP contribution >= 0.6 is 0 Å². The van der Waals surface area contributed by atoms with Crippen molar-refractivity contribution in [1.29, 1.82) is 0 Å². The predicted octanol–water partition coefficient (Wildman–Crippen LogP) is 4.03. The van der Waals surface area contributed by atoms with Gasteiger partial charge < -0.3 is 5.73 Å². The summed E-state index contributed by atoms with van der Waals surface area (Å²) in [5, 5.41) is 0. The molecule has 0 amide bonds. The number of para-hydroxylation sites is 1. The molecule has 16 heavy (non-hydrogen) atoms. The molecule has 1 saturated carbocycles. The van der Waals surface area contributed by atoms with Crippen LogP contribution in [0, 0.1) is 5.92 Å². The average molecular weight is 221 g/mol. The molecule has 1 aromatic carbocycles. The summed E-state index contributed by atoms with van der Waals surface area (Å²) in [4.78, 5) is 0. The molecular formula is C14H20FN. The molecule has 0 saturated heterocycles. The van der Waals surface area contributed by atoms with Gasteiger partial charge in [-0.1, -0.05) is 37.5 Å². The fourth-order valence-corrected chi connectivity index (χ4v) is 2.81. The molecule has 0 spiro atoms. The van der Waals surface area contributed by atoms with Crippen molar-refractivity contribution in [2.75, 3.05) is 5.73 Å². The number of nitrogens with two attached hydrogens (primary N) is 1. The molecular weight excluding hydrogens is 201 g/mol. The molecule has 0 aromatic heterocycles. The van der Waals surface area contributed by atoms with E-state index in [4.69, 9.17) is 5.73 Å². The first-order chi connectivity index (χ1) is 7.62. The van der Waals surface area contributed by atoms with Crippen molar-refractivity contribution in [2.45, 2.75) is 44.7 Å². The summed E-state index contributed by atoms with van der Waals surface area (Å²) >= 11 is 0. The highest BCUT2D eigenvalue weighted by Crippen LogP contribution is 2.43. The van der Waals surface area contributed by atoms with Gasteiger partial charge in [0.2, 0.25) is 0 Å². The number of nitrogen functional groups attached to an aromatic ring is 1. The Labute approximate surface area is 96.9 Å². The lowest BCUT2D eigenvalue weighted by Crippen LogP contribution is -2.29. The number of alkyl halides is 1. The molecule has 0 radical (unpaired) electrons. The van der Waals surface area contributed by atoms with Gasteiger partial charge in [0.1, 0.15) is 5.67 Å². The van der Waals surface area contributed by atoms with Crippen LogP contribution in [-0.4, -0.2) is 0 Å². The minimum Gasteiger partial charge on any atom is -0.398 e. The molecule has 0 aliphatic heterocycles. The van der Waals surface area contributed by atoms with E-state index >= 15 is 0 Å². The van der Waals surface area contributed by atoms with Crippen LogP contribution in [0.15, 0.2) is 24.3 Å². The summed E-state index contributed by atoms with van der Waals surface area (Å²) in [6, 6.07) is 7.34. The molecule has 1 atom stereocenters. The number of rotatable bonds is 2. The molecule has 1 aromatic rings. The van der Waals surface area contributed by atoms with Crippen LogP contribution in [0.3, 0.4) is 0 Å². The zero-order valence-electron chi connectivity index (χ0n) is 9.88. The first-order valence-corrected chi connectivity index (χ1v) is 6.16. The van der Waals surface area contributed by atoms with Crippen molar-refractivity contribution in [2.24, 2.45) is 5.92 Å². The second-order valence-electron chi connectivity index (χ2n) is 5.00. The quantitative estimate of drug-likeness (QED) is 0.749. The van der Waals surface area contributed by atoms with Gasteiger partial charge in [0.25, 0.3) is 0 Å². The molecule has 2 rings (SSSR count). The minimum absolute atomic E-state index is 0.131. The zero-order chi connectivity index (χ0) is 11.6. The first-order valence-electron chi connectivity index (χ1n) is 6.16. The van der Waals surface area contributed by atoms with Crippen molar-refractivity contribution in [3.63, 3.8) is 0 Å². The van der Waals surface area contributed by atoms with Gasteiger partial charge in [0.05, 0.1) is 0 Å². The van der Waals surface area contributed by atoms with Gasteiger partial charge >= 0.3 is 0 Å². The monoisotopic (exact) mass is 221 g/mol. The van der Waals surface area contributed by atoms with Crippen molar-refractivity contribution < 1.29 is 4.39 Å². The molecule has 2 N–H and O–H groups in total. The summed E-state index contributed by atoms with van der Waals surface area (Å²) in [5.74, 6) is 0.131. The second kappa shape index (κ2) is 4.44.